The summed E-state index contributed by atoms with van der Waals surface area (Å²) in [5.41, 5.74) is 0.357. The molecule has 0 aliphatic heterocycles. The molecule has 0 aromatic carbocycles. The molecule has 0 saturated heterocycles. The van der Waals surface area contributed by atoms with Crippen LogP contribution in [0.2, 0.25) is 0 Å². The highest BCUT2D eigenvalue weighted by molar-refractivity contribution is 7.89. The molecule has 0 radical (unpaired) electrons. The SMILES string of the molecule is CCCn1cc(S(N)(=O)=O)cc1C(=O)NCC1CCC1. The fourth-order valence-electron chi connectivity index (χ4n) is 2.28. The molecule has 1 saturated carbocycles. The molecule has 0 unspecified atom stereocenters. The maximum absolute atomic E-state index is 12.2. The van der Waals surface area contributed by atoms with Gasteiger partial charge in [-0.25, -0.2) is 13.6 Å². The second-order valence-corrected chi connectivity index (χ2v) is 6.87. The average molecular weight is 299 g/mol. The number of hydrogen-bond donors (Lipinski definition) is 2. The third-order valence-electron chi connectivity index (χ3n) is 3.67. The summed E-state index contributed by atoms with van der Waals surface area (Å²) >= 11 is 0. The molecule has 7 heteroatoms. The van der Waals surface area contributed by atoms with Crippen molar-refractivity contribution in [2.45, 2.75) is 44.0 Å². The Labute approximate surface area is 119 Å². The van der Waals surface area contributed by atoms with Gasteiger partial charge in [0.15, 0.2) is 0 Å². The highest BCUT2D eigenvalue weighted by atomic mass is 32.2. The van der Waals surface area contributed by atoms with E-state index in [-0.39, 0.29) is 10.8 Å². The van der Waals surface area contributed by atoms with Crippen LogP contribution in [0, 0.1) is 5.92 Å². The maximum atomic E-state index is 12.2. The van der Waals surface area contributed by atoms with Gasteiger partial charge in [-0.2, -0.15) is 0 Å². The van der Waals surface area contributed by atoms with Crippen LogP contribution in [0.3, 0.4) is 0 Å². The van der Waals surface area contributed by atoms with Gasteiger partial charge in [0.05, 0.1) is 0 Å². The van der Waals surface area contributed by atoms with E-state index >= 15 is 0 Å². The van der Waals surface area contributed by atoms with Crippen molar-refractivity contribution in [2.24, 2.45) is 11.1 Å². The quantitative estimate of drug-likeness (QED) is 0.822. The first-order chi connectivity index (χ1) is 9.41. The van der Waals surface area contributed by atoms with Gasteiger partial charge in [0.25, 0.3) is 5.91 Å². The Morgan fingerprint density at radius 3 is 2.70 bits per heavy atom. The molecule has 1 aromatic heterocycles. The number of aryl methyl sites for hydroxylation is 1. The lowest BCUT2D eigenvalue weighted by molar-refractivity contribution is 0.0929. The third-order valence-corrected chi connectivity index (χ3v) is 4.55. The van der Waals surface area contributed by atoms with E-state index in [1.165, 1.54) is 18.7 Å². The minimum absolute atomic E-state index is 0.0141. The predicted molar refractivity (Wildman–Crippen MR) is 75.8 cm³/mol. The van der Waals surface area contributed by atoms with Gasteiger partial charge in [-0.3, -0.25) is 4.79 Å². The van der Waals surface area contributed by atoms with Crippen molar-refractivity contribution in [1.82, 2.24) is 9.88 Å². The summed E-state index contributed by atoms with van der Waals surface area (Å²) in [5.74, 6) is 0.325. The van der Waals surface area contributed by atoms with Gasteiger partial charge in [-0.1, -0.05) is 13.3 Å². The molecule has 1 aliphatic rings. The molecule has 0 atom stereocenters. The van der Waals surface area contributed by atoms with Crippen molar-refractivity contribution < 1.29 is 13.2 Å². The summed E-state index contributed by atoms with van der Waals surface area (Å²) in [6.45, 7) is 3.20. The number of hydrogen-bond acceptors (Lipinski definition) is 3. The zero-order chi connectivity index (χ0) is 14.8. The summed E-state index contributed by atoms with van der Waals surface area (Å²) in [6, 6.07) is 1.35. The molecule has 0 bridgehead atoms. The third kappa shape index (κ3) is 3.40. The molecule has 2 rings (SSSR count). The number of nitrogens with two attached hydrogens (primary N) is 1. The van der Waals surface area contributed by atoms with E-state index in [1.54, 1.807) is 4.57 Å². The molecule has 1 aromatic rings. The molecule has 0 spiro atoms. The van der Waals surface area contributed by atoms with Crippen LogP contribution >= 0.6 is 0 Å². The number of carbonyl (C=O) groups excluding carboxylic acids is 1. The summed E-state index contributed by atoms with van der Waals surface area (Å²) in [6.07, 6.45) is 5.76. The van der Waals surface area contributed by atoms with E-state index in [2.05, 4.69) is 5.32 Å². The molecule has 1 fully saturated rings. The van der Waals surface area contributed by atoms with Crippen LogP contribution < -0.4 is 10.5 Å². The Morgan fingerprint density at radius 2 is 2.20 bits per heavy atom. The smallest absolute Gasteiger partial charge is 0.267 e. The Bertz CT molecular complexity index is 588. The van der Waals surface area contributed by atoms with E-state index in [0.717, 1.165) is 19.3 Å². The molecule has 1 heterocycles. The fraction of sp³-hybridized carbons (Fsp3) is 0.615. The van der Waals surface area contributed by atoms with Crippen molar-refractivity contribution in [3.8, 4) is 0 Å². The maximum Gasteiger partial charge on any atom is 0.267 e. The molecule has 1 amide bonds. The van der Waals surface area contributed by atoms with Gasteiger partial charge in [0.1, 0.15) is 10.6 Å². The fourth-order valence-corrected chi connectivity index (χ4v) is 2.83. The summed E-state index contributed by atoms with van der Waals surface area (Å²) in [5, 5.41) is 7.98. The number of sulfonamides is 1. The number of nitrogens with zero attached hydrogens (tertiary/aromatic N) is 1. The standard InChI is InChI=1S/C13H21N3O3S/c1-2-6-16-9-11(20(14,18)19)7-12(16)13(17)15-8-10-4-3-5-10/h7,9-10H,2-6,8H2,1H3,(H,15,17)(H2,14,18,19). The first kappa shape index (κ1) is 15.1. The normalized spacial score (nSPS) is 15.9. The molecule has 112 valence electrons. The zero-order valence-electron chi connectivity index (χ0n) is 11.6. The number of amides is 1. The van der Waals surface area contributed by atoms with Gasteiger partial charge < -0.3 is 9.88 Å². The lowest BCUT2D eigenvalue weighted by Gasteiger charge is -2.25. The Morgan fingerprint density at radius 1 is 1.50 bits per heavy atom. The molecule has 1 aliphatic carbocycles. The first-order valence-corrected chi connectivity index (χ1v) is 8.47. The molecule has 6 nitrogen and oxygen atoms in total. The largest absolute Gasteiger partial charge is 0.350 e. The number of nitrogens with one attached hydrogen (secondary N) is 1. The highest BCUT2D eigenvalue weighted by Crippen LogP contribution is 2.25. The van der Waals surface area contributed by atoms with Gasteiger partial charge in [0, 0.05) is 19.3 Å². The van der Waals surface area contributed by atoms with Gasteiger partial charge in [0.2, 0.25) is 10.0 Å². The van der Waals surface area contributed by atoms with Gasteiger partial charge in [-0.05, 0) is 31.2 Å². The molecule has 3 N–H and O–H groups in total. The molecular weight excluding hydrogens is 278 g/mol. The van der Waals surface area contributed by atoms with Crippen molar-refractivity contribution in [2.75, 3.05) is 6.54 Å². The summed E-state index contributed by atoms with van der Waals surface area (Å²) in [4.78, 5) is 12.1. The van der Waals surface area contributed by atoms with Crippen molar-refractivity contribution in [1.29, 1.82) is 0 Å². The van der Waals surface area contributed by atoms with Crippen LogP contribution in [0.15, 0.2) is 17.2 Å². The number of primary sulfonamides is 1. The van der Waals surface area contributed by atoms with Crippen LogP contribution in [0.25, 0.3) is 0 Å². The second kappa shape index (κ2) is 5.97. The van der Waals surface area contributed by atoms with Crippen LogP contribution in [0.4, 0.5) is 0 Å². The minimum Gasteiger partial charge on any atom is -0.350 e. The van der Waals surface area contributed by atoms with Crippen LogP contribution in [-0.2, 0) is 16.6 Å². The van der Waals surface area contributed by atoms with E-state index in [0.29, 0.717) is 24.7 Å². The van der Waals surface area contributed by atoms with Gasteiger partial charge >= 0.3 is 0 Å². The number of rotatable bonds is 6. The predicted octanol–water partition coefficient (Wildman–Crippen LogP) is 1.08. The van der Waals surface area contributed by atoms with Crippen LogP contribution in [-0.4, -0.2) is 25.4 Å². The van der Waals surface area contributed by atoms with Crippen molar-refractivity contribution >= 4 is 15.9 Å². The van der Waals surface area contributed by atoms with Gasteiger partial charge in [-0.15, -0.1) is 0 Å². The first-order valence-electron chi connectivity index (χ1n) is 6.93. The van der Waals surface area contributed by atoms with Crippen molar-refractivity contribution in [3.63, 3.8) is 0 Å². The lowest BCUT2D eigenvalue weighted by atomic mass is 9.85. The van der Waals surface area contributed by atoms with E-state index in [1.807, 2.05) is 6.92 Å². The monoisotopic (exact) mass is 299 g/mol. The van der Waals surface area contributed by atoms with Crippen LogP contribution in [0.5, 0.6) is 0 Å². The zero-order valence-corrected chi connectivity index (χ0v) is 12.4. The summed E-state index contributed by atoms with van der Waals surface area (Å²) < 4.78 is 24.4. The molecule has 20 heavy (non-hydrogen) atoms. The van der Waals surface area contributed by atoms with E-state index in [4.69, 9.17) is 5.14 Å². The average Bonchev–Trinajstić information content (AvgIpc) is 2.71. The minimum atomic E-state index is -3.78. The Hall–Kier alpha value is -1.34. The van der Waals surface area contributed by atoms with Crippen molar-refractivity contribution in [3.05, 3.63) is 18.0 Å². The Kier molecular flexibility index (Phi) is 4.49. The lowest BCUT2D eigenvalue weighted by Crippen LogP contribution is -2.33. The van der Waals surface area contributed by atoms with Crippen LogP contribution in [0.1, 0.15) is 43.1 Å². The topological polar surface area (TPSA) is 94.2 Å². The number of aromatic nitrogens is 1. The molecular formula is C13H21N3O3S. The second-order valence-electron chi connectivity index (χ2n) is 5.31. The van der Waals surface area contributed by atoms with E-state index in [9.17, 15) is 13.2 Å². The summed E-state index contributed by atoms with van der Waals surface area (Å²) in [7, 11) is -3.78. The Balaban J connectivity index is 2.14. The highest BCUT2D eigenvalue weighted by Gasteiger charge is 2.21. The van der Waals surface area contributed by atoms with E-state index < -0.39 is 10.0 Å². The number of carbonyl (C=O) groups is 1.